The van der Waals surface area contributed by atoms with E-state index in [1.165, 1.54) is 0 Å². The molecule has 124 valence electrons. The summed E-state index contributed by atoms with van der Waals surface area (Å²) in [6, 6.07) is 2.95. The van der Waals surface area contributed by atoms with Gasteiger partial charge in [0, 0.05) is 6.10 Å². The van der Waals surface area contributed by atoms with Crippen molar-refractivity contribution in [3.8, 4) is 0 Å². The lowest BCUT2D eigenvalue weighted by molar-refractivity contribution is -0.138. The van der Waals surface area contributed by atoms with Crippen LogP contribution >= 0.6 is 0 Å². The molecule has 0 spiro atoms. The lowest BCUT2D eigenvalue weighted by Crippen LogP contribution is -2.44. The van der Waals surface area contributed by atoms with Crippen LogP contribution in [0, 0.1) is 5.92 Å². The molecule has 0 aliphatic carbocycles. The summed E-state index contributed by atoms with van der Waals surface area (Å²) in [6.07, 6.45) is 2.44. The van der Waals surface area contributed by atoms with E-state index in [2.05, 4.69) is 27.7 Å². The maximum Gasteiger partial charge on any atom is 0.295 e. The first-order valence-corrected chi connectivity index (χ1v) is 11.9. The second-order valence-electron chi connectivity index (χ2n) is 6.56. The van der Waals surface area contributed by atoms with Crippen LogP contribution in [0.2, 0.25) is 23.7 Å². The van der Waals surface area contributed by atoms with Crippen LogP contribution in [0.3, 0.4) is 0 Å². The minimum atomic E-state index is -1.95. The summed E-state index contributed by atoms with van der Waals surface area (Å²) in [5.41, 5.74) is 0.489. The summed E-state index contributed by atoms with van der Waals surface area (Å²) in [4.78, 5) is 12.4. The SMILES string of the molecule is CCC[Si](CCC)(OC(=O)C(C)C[Si]OC(C)C)C(C)C. The van der Waals surface area contributed by atoms with Gasteiger partial charge in [0.2, 0.25) is 9.76 Å². The van der Waals surface area contributed by atoms with E-state index in [9.17, 15) is 4.79 Å². The van der Waals surface area contributed by atoms with Crippen LogP contribution in [-0.4, -0.2) is 30.2 Å². The second kappa shape index (κ2) is 10.6. The first-order chi connectivity index (χ1) is 9.79. The Bertz CT molecular complexity index is 287. The fourth-order valence-electron chi connectivity index (χ4n) is 2.49. The Hall–Kier alpha value is -0.136. The Morgan fingerprint density at radius 1 is 1.05 bits per heavy atom. The molecule has 21 heavy (non-hydrogen) atoms. The van der Waals surface area contributed by atoms with E-state index in [0.29, 0.717) is 15.3 Å². The van der Waals surface area contributed by atoms with Gasteiger partial charge < -0.3 is 8.85 Å². The summed E-state index contributed by atoms with van der Waals surface area (Å²) in [5.74, 6) is -0.0569. The monoisotopic (exact) mass is 330 g/mol. The molecule has 2 radical (unpaired) electrons. The van der Waals surface area contributed by atoms with Crippen molar-refractivity contribution in [1.82, 2.24) is 0 Å². The lowest BCUT2D eigenvalue weighted by Gasteiger charge is -2.35. The second-order valence-corrected chi connectivity index (χ2v) is 12.0. The van der Waals surface area contributed by atoms with Crippen LogP contribution in [0.4, 0.5) is 0 Å². The molecular formula is C16H34O3Si2. The molecule has 0 aromatic carbocycles. The summed E-state index contributed by atoms with van der Waals surface area (Å²) in [7, 11) is -1.56. The number of carbonyl (C=O) groups is 1. The molecule has 0 saturated heterocycles. The number of carbonyl (C=O) groups excluding carboxylic acids is 1. The highest BCUT2D eigenvalue weighted by atomic mass is 28.4. The summed E-state index contributed by atoms with van der Waals surface area (Å²) in [6.45, 7) is 14.8. The average Bonchev–Trinajstić information content (AvgIpc) is 2.38. The van der Waals surface area contributed by atoms with Gasteiger partial charge in [-0.1, -0.05) is 47.5 Å². The Labute approximate surface area is 135 Å². The molecule has 5 heteroatoms. The molecule has 0 aliphatic heterocycles. The van der Waals surface area contributed by atoms with E-state index >= 15 is 0 Å². The molecule has 0 fully saturated rings. The highest BCUT2D eigenvalue weighted by molar-refractivity contribution is 6.76. The van der Waals surface area contributed by atoms with Crippen molar-refractivity contribution in [2.45, 2.75) is 91.1 Å². The topological polar surface area (TPSA) is 35.5 Å². The van der Waals surface area contributed by atoms with Crippen LogP contribution in [-0.2, 0) is 13.6 Å². The molecule has 0 bridgehead atoms. The van der Waals surface area contributed by atoms with Gasteiger partial charge in [0.25, 0.3) is 14.3 Å². The van der Waals surface area contributed by atoms with Gasteiger partial charge in [0.1, 0.15) is 0 Å². The van der Waals surface area contributed by atoms with Gasteiger partial charge in [-0.2, -0.15) is 0 Å². The molecule has 0 aromatic rings. The van der Waals surface area contributed by atoms with Gasteiger partial charge in [0.05, 0.1) is 5.92 Å². The van der Waals surface area contributed by atoms with Crippen LogP contribution < -0.4 is 0 Å². The van der Waals surface area contributed by atoms with Gasteiger partial charge in [0.15, 0.2) is 0 Å². The van der Waals surface area contributed by atoms with E-state index in [1.54, 1.807) is 0 Å². The normalized spacial score (nSPS) is 13.8. The summed E-state index contributed by atoms with van der Waals surface area (Å²) in [5, 5.41) is 0. The number of hydrogen-bond acceptors (Lipinski definition) is 3. The molecule has 0 amide bonds. The molecule has 1 unspecified atom stereocenters. The average molecular weight is 331 g/mol. The first kappa shape index (κ1) is 20.9. The Kier molecular flexibility index (Phi) is 10.5. The van der Waals surface area contributed by atoms with E-state index in [0.717, 1.165) is 31.0 Å². The van der Waals surface area contributed by atoms with Gasteiger partial charge >= 0.3 is 0 Å². The van der Waals surface area contributed by atoms with Crippen molar-refractivity contribution >= 4 is 24.0 Å². The van der Waals surface area contributed by atoms with Gasteiger partial charge in [-0.25, -0.2) is 0 Å². The van der Waals surface area contributed by atoms with Gasteiger partial charge in [-0.15, -0.1) is 0 Å². The molecule has 3 nitrogen and oxygen atoms in total. The zero-order valence-corrected chi connectivity index (χ0v) is 17.0. The third-order valence-electron chi connectivity index (χ3n) is 3.81. The predicted molar refractivity (Wildman–Crippen MR) is 93.1 cm³/mol. The Balaban J connectivity index is 4.64. The van der Waals surface area contributed by atoms with Gasteiger partial charge in [-0.3, -0.25) is 4.79 Å². The van der Waals surface area contributed by atoms with Crippen LogP contribution in [0.1, 0.15) is 61.3 Å². The molecule has 0 aliphatic rings. The Morgan fingerprint density at radius 2 is 1.57 bits per heavy atom. The lowest BCUT2D eigenvalue weighted by atomic mass is 10.2. The summed E-state index contributed by atoms with van der Waals surface area (Å²) < 4.78 is 11.7. The van der Waals surface area contributed by atoms with E-state index in [1.807, 2.05) is 20.8 Å². The standard InChI is InChI=1S/C16H34O3Si2/c1-8-10-21(11-9-2,14(5)6)19-16(17)15(7)12-20-18-13(3)4/h13-15H,8-12H2,1-7H3. The third kappa shape index (κ3) is 7.61. The van der Waals surface area contributed by atoms with E-state index in [4.69, 9.17) is 8.85 Å². The van der Waals surface area contributed by atoms with E-state index < -0.39 is 8.32 Å². The maximum atomic E-state index is 12.4. The molecule has 0 N–H and O–H groups in total. The molecule has 0 rings (SSSR count). The van der Waals surface area contributed by atoms with Crippen molar-refractivity contribution < 1.29 is 13.6 Å². The maximum absolute atomic E-state index is 12.4. The van der Waals surface area contributed by atoms with Crippen molar-refractivity contribution in [3.63, 3.8) is 0 Å². The number of rotatable bonds is 11. The zero-order valence-electron chi connectivity index (χ0n) is 15.0. The van der Waals surface area contributed by atoms with Crippen molar-refractivity contribution in [2.75, 3.05) is 0 Å². The van der Waals surface area contributed by atoms with Crippen molar-refractivity contribution in [3.05, 3.63) is 0 Å². The van der Waals surface area contributed by atoms with Crippen LogP contribution in [0.5, 0.6) is 0 Å². The first-order valence-electron chi connectivity index (χ1n) is 8.40. The summed E-state index contributed by atoms with van der Waals surface area (Å²) >= 11 is 0. The Morgan fingerprint density at radius 3 is 1.95 bits per heavy atom. The molecular weight excluding hydrogens is 296 g/mol. The predicted octanol–water partition coefficient (Wildman–Crippen LogP) is 4.80. The fourth-order valence-corrected chi connectivity index (χ4v) is 7.48. The smallest absolute Gasteiger partial charge is 0.295 e. The quantitative estimate of drug-likeness (QED) is 0.510. The van der Waals surface area contributed by atoms with Gasteiger partial charge in [-0.05, 0) is 37.5 Å². The minimum absolute atomic E-state index is 0.00266. The minimum Gasteiger partial charge on any atom is -0.519 e. The molecule has 0 aromatic heterocycles. The highest BCUT2D eigenvalue weighted by Crippen LogP contribution is 2.34. The highest BCUT2D eigenvalue weighted by Gasteiger charge is 2.41. The molecule has 0 heterocycles. The third-order valence-corrected chi connectivity index (χ3v) is 10.6. The van der Waals surface area contributed by atoms with Crippen molar-refractivity contribution in [2.24, 2.45) is 5.92 Å². The van der Waals surface area contributed by atoms with Crippen LogP contribution in [0.15, 0.2) is 0 Å². The fraction of sp³-hybridized carbons (Fsp3) is 0.938. The van der Waals surface area contributed by atoms with E-state index in [-0.39, 0.29) is 18.0 Å². The van der Waals surface area contributed by atoms with Crippen molar-refractivity contribution in [1.29, 1.82) is 0 Å². The molecule has 0 saturated carbocycles. The largest absolute Gasteiger partial charge is 0.519 e. The number of hydrogen-bond donors (Lipinski definition) is 0. The molecule has 1 atom stereocenters. The van der Waals surface area contributed by atoms with Crippen LogP contribution in [0.25, 0.3) is 0 Å². The zero-order chi connectivity index (χ0) is 16.5.